The molecule has 1 fully saturated rings. The molecule has 3 nitrogen and oxygen atoms in total. The van der Waals surface area contributed by atoms with Crippen LogP contribution in [0.25, 0.3) is 0 Å². The van der Waals surface area contributed by atoms with Crippen molar-refractivity contribution in [2.45, 2.75) is 13.0 Å². The van der Waals surface area contributed by atoms with E-state index in [1.807, 2.05) is 0 Å². The number of rotatable bonds is 5. The van der Waals surface area contributed by atoms with Crippen molar-refractivity contribution in [3.63, 3.8) is 0 Å². The summed E-state index contributed by atoms with van der Waals surface area (Å²) in [5.74, 6) is -0.297. The Bertz CT molecular complexity index is 272. The molecule has 14 heavy (non-hydrogen) atoms. The van der Waals surface area contributed by atoms with E-state index in [2.05, 4.69) is 6.58 Å². The lowest BCUT2D eigenvalue weighted by Gasteiger charge is -2.01. The largest absolute Gasteiger partial charge is 0.459 e. The zero-order valence-corrected chi connectivity index (χ0v) is 8.23. The Hall–Kier alpha value is -1.35. The smallest absolute Gasteiger partial charge is 0.333 e. The summed E-state index contributed by atoms with van der Waals surface area (Å²) in [6.07, 6.45) is 6.96. The summed E-state index contributed by atoms with van der Waals surface area (Å²) in [4.78, 5) is 11.3. The highest BCUT2D eigenvalue weighted by Crippen LogP contribution is 2.09. The van der Waals surface area contributed by atoms with Crippen LogP contribution in [0.4, 0.5) is 0 Å². The fraction of sp³-hybridized carbons (Fsp3) is 0.364. The Labute approximate surface area is 83.7 Å². The van der Waals surface area contributed by atoms with Crippen LogP contribution in [0.3, 0.4) is 0 Å². The summed E-state index contributed by atoms with van der Waals surface area (Å²) in [5.41, 5.74) is 0.573. The maximum atomic E-state index is 11.3. The minimum Gasteiger partial charge on any atom is -0.459 e. The normalized spacial score (nSPS) is 20.9. The van der Waals surface area contributed by atoms with Gasteiger partial charge in [-0.15, -0.1) is 0 Å². The zero-order valence-electron chi connectivity index (χ0n) is 8.23. The van der Waals surface area contributed by atoms with E-state index >= 15 is 0 Å². The first-order valence-electron chi connectivity index (χ1n) is 4.48. The van der Waals surface area contributed by atoms with Gasteiger partial charge in [0.25, 0.3) is 0 Å². The molecule has 0 aromatic carbocycles. The van der Waals surface area contributed by atoms with Crippen molar-refractivity contribution in [1.82, 2.24) is 0 Å². The number of carbonyl (C=O) groups is 1. The second kappa shape index (κ2) is 5.40. The molecule has 1 aliphatic heterocycles. The van der Waals surface area contributed by atoms with Crippen LogP contribution in [0.15, 0.2) is 36.5 Å². The van der Waals surface area contributed by atoms with Crippen molar-refractivity contribution in [1.29, 1.82) is 0 Å². The van der Waals surface area contributed by atoms with Crippen LogP contribution in [-0.2, 0) is 14.3 Å². The average molecular weight is 194 g/mol. The summed E-state index contributed by atoms with van der Waals surface area (Å²) in [5, 5.41) is 0. The van der Waals surface area contributed by atoms with Crippen LogP contribution in [0.5, 0.6) is 0 Å². The van der Waals surface area contributed by atoms with E-state index in [4.69, 9.17) is 9.47 Å². The van der Waals surface area contributed by atoms with Gasteiger partial charge in [0.1, 0.15) is 12.7 Å². The van der Waals surface area contributed by atoms with Crippen LogP contribution in [0.1, 0.15) is 6.92 Å². The molecule has 0 aromatic heterocycles. The number of hydrogen-bond acceptors (Lipinski definition) is 3. The Morgan fingerprint density at radius 3 is 2.93 bits per heavy atom. The SMILES string of the molecule is C=C/C=C/C=C(\C)C(=O)OCC1CO1. The Balaban J connectivity index is 2.29. The highest BCUT2D eigenvalue weighted by molar-refractivity contribution is 5.88. The van der Waals surface area contributed by atoms with Gasteiger partial charge in [-0.2, -0.15) is 0 Å². The molecule has 0 bridgehead atoms. The Morgan fingerprint density at radius 2 is 2.36 bits per heavy atom. The maximum absolute atomic E-state index is 11.3. The lowest BCUT2D eigenvalue weighted by atomic mass is 10.3. The average Bonchev–Trinajstić information content (AvgIpc) is 2.98. The van der Waals surface area contributed by atoms with Crippen molar-refractivity contribution >= 4 is 5.97 Å². The van der Waals surface area contributed by atoms with Gasteiger partial charge in [-0.25, -0.2) is 4.79 Å². The predicted molar refractivity (Wildman–Crippen MR) is 53.8 cm³/mol. The van der Waals surface area contributed by atoms with Gasteiger partial charge >= 0.3 is 5.97 Å². The minimum atomic E-state index is -0.297. The van der Waals surface area contributed by atoms with Gasteiger partial charge in [0.05, 0.1) is 6.61 Å². The van der Waals surface area contributed by atoms with Crippen molar-refractivity contribution in [2.24, 2.45) is 0 Å². The van der Waals surface area contributed by atoms with E-state index in [1.165, 1.54) is 0 Å². The Kier molecular flexibility index (Phi) is 4.13. The van der Waals surface area contributed by atoms with E-state index in [-0.39, 0.29) is 12.1 Å². The molecule has 0 N–H and O–H groups in total. The molecule has 1 unspecified atom stereocenters. The molecule has 3 heteroatoms. The van der Waals surface area contributed by atoms with E-state index in [0.29, 0.717) is 18.8 Å². The minimum absolute atomic E-state index is 0.121. The zero-order chi connectivity index (χ0) is 10.4. The van der Waals surface area contributed by atoms with Gasteiger partial charge in [-0.1, -0.05) is 30.9 Å². The van der Waals surface area contributed by atoms with E-state index in [0.717, 1.165) is 0 Å². The molecule has 1 heterocycles. The topological polar surface area (TPSA) is 38.8 Å². The summed E-state index contributed by atoms with van der Waals surface area (Å²) < 4.78 is 9.88. The predicted octanol–water partition coefficient (Wildman–Crippen LogP) is 1.62. The van der Waals surface area contributed by atoms with Gasteiger partial charge in [-0.3, -0.25) is 0 Å². The lowest BCUT2D eigenvalue weighted by molar-refractivity contribution is -0.139. The second-order valence-electron chi connectivity index (χ2n) is 3.02. The third-order valence-corrected chi connectivity index (χ3v) is 1.72. The number of allylic oxidation sites excluding steroid dienone is 4. The first-order chi connectivity index (χ1) is 6.74. The fourth-order valence-electron chi connectivity index (χ4n) is 0.793. The summed E-state index contributed by atoms with van der Waals surface area (Å²) in [6, 6.07) is 0. The fourth-order valence-corrected chi connectivity index (χ4v) is 0.793. The third kappa shape index (κ3) is 4.05. The van der Waals surface area contributed by atoms with E-state index in [9.17, 15) is 4.79 Å². The molecule has 0 radical (unpaired) electrons. The molecule has 0 amide bonds. The van der Waals surface area contributed by atoms with Gasteiger partial charge < -0.3 is 9.47 Å². The highest BCUT2D eigenvalue weighted by atomic mass is 16.6. The van der Waals surface area contributed by atoms with Gasteiger partial charge in [0.15, 0.2) is 0 Å². The van der Waals surface area contributed by atoms with Crippen LogP contribution in [0, 0.1) is 0 Å². The third-order valence-electron chi connectivity index (χ3n) is 1.72. The van der Waals surface area contributed by atoms with Crippen molar-refractivity contribution in [2.75, 3.05) is 13.2 Å². The molecule has 1 aliphatic rings. The van der Waals surface area contributed by atoms with Crippen LogP contribution >= 0.6 is 0 Å². The first kappa shape index (κ1) is 10.7. The second-order valence-corrected chi connectivity index (χ2v) is 3.02. The van der Waals surface area contributed by atoms with Crippen LogP contribution in [-0.4, -0.2) is 25.3 Å². The highest BCUT2D eigenvalue weighted by Gasteiger charge is 2.24. The number of ether oxygens (including phenoxy) is 2. The molecule has 0 aliphatic carbocycles. The monoisotopic (exact) mass is 194 g/mol. The summed E-state index contributed by atoms with van der Waals surface area (Å²) in [7, 11) is 0. The van der Waals surface area contributed by atoms with Crippen molar-refractivity contribution in [3.8, 4) is 0 Å². The number of epoxide rings is 1. The van der Waals surface area contributed by atoms with Gasteiger partial charge in [0, 0.05) is 5.57 Å². The number of hydrogen-bond donors (Lipinski definition) is 0. The molecule has 76 valence electrons. The van der Waals surface area contributed by atoms with Crippen LogP contribution in [0.2, 0.25) is 0 Å². The quantitative estimate of drug-likeness (QED) is 0.289. The molecule has 0 aromatic rings. The standard InChI is InChI=1S/C11H14O3/c1-3-4-5-6-9(2)11(12)14-8-10-7-13-10/h3-6,10H,1,7-8H2,2H3/b5-4+,9-6+. The molecular formula is C11H14O3. The number of carbonyl (C=O) groups excluding carboxylic acids is 1. The first-order valence-corrected chi connectivity index (χ1v) is 4.48. The van der Waals surface area contributed by atoms with Gasteiger partial charge in [-0.05, 0) is 6.92 Å². The molecule has 1 saturated heterocycles. The summed E-state index contributed by atoms with van der Waals surface area (Å²) in [6.45, 7) is 6.29. The van der Waals surface area contributed by atoms with Crippen molar-refractivity contribution < 1.29 is 14.3 Å². The molecule has 1 rings (SSSR count). The molecule has 1 atom stereocenters. The molecule has 0 saturated carbocycles. The van der Waals surface area contributed by atoms with Gasteiger partial charge in [0.2, 0.25) is 0 Å². The summed E-state index contributed by atoms with van der Waals surface area (Å²) >= 11 is 0. The maximum Gasteiger partial charge on any atom is 0.333 e. The van der Waals surface area contributed by atoms with E-state index in [1.54, 1.807) is 31.2 Å². The van der Waals surface area contributed by atoms with E-state index < -0.39 is 0 Å². The van der Waals surface area contributed by atoms with Crippen molar-refractivity contribution in [3.05, 3.63) is 36.5 Å². The Morgan fingerprint density at radius 1 is 1.64 bits per heavy atom. The molecule has 0 spiro atoms. The number of esters is 1. The van der Waals surface area contributed by atoms with Crippen LogP contribution < -0.4 is 0 Å². The molecular weight excluding hydrogens is 180 g/mol. The lowest BCUT2D eigenvalue weighted by Crippen LogP contribution is -2.10.